The molecule has 142 valence electrons. The first-order valence-electron chi connectivity index (χ1n) is 8.50. The number of hydrazine groups is 1. The van der Waals surface area contributed by atoms with Crippen LogP contribution in [0.15, 0.2) is 48.5 Å². The Morgan fingerprint density at radius 1 is 0.815 bits per heavy atom. The van der Waals surface area contributed by atoms with Crippen LogP contribution < -0.4 is 21.9 Å². The minimum Gasteiger partial charge on any atom is -0.352 e. The Labute approximate surface area is 158 Å². The maximum atomic E-state index is 12.2. The van der Waals surface area contributed by atoms with E-state index >= 15 is 0 Å². The van der Waals surface area contributed by atoms with Crippen molar-refractivity contribution in [3.63, 3.8) is 0 Å². The van der Waals surface area contributed by atoms with Gasteiger partial charge in [-0.15, -0.1) is 0 Å². The van der Waals surface area contributed by atoms with Gasteiger partial charge in [-0.3, -0.25) is 20.4 Å². The fourth-order valence-electron chi connectivity index (χ4n) is 2.34. The average molecular weight is 368 g/mol. The summed E-state index contributed by atoms with van der Waals surface area (Å²) in [5, 5.41) is 2.46. The highest BCUT2D eigenvalue weighted by molar-refractivity contribution is 5.99. The molecule has 0 saturated heterocycles. The number of primary amides is 1. The topological polar surface area (TPSA) is 113 Å². The highest BCUT2D eigenvalue weighted by atomic mass is 16.2. The molecule has 5 N–H and O–H groups in total. The Morgan fingerprint density at radius 3 is 1.67 bits per heavy atom. The van der Waals surface area contributed by atoms with Gasteiger partial charge in [-0.05, 0) is 40.8 Å². The van der Waals surface area contributed by atoms with E-state index in [2.05, 4.69) is 36.9 Å². The van der Waals surface area contributed by atoms with Crippen molar-refractivity contribution >= 4 is 17.8 Å². The molecule has 0 aliphatic carbocycles. The smallest absolute Gasteiger partial charge is 0.312 e. The van der Waals surface area contributed by atoms with Crippen molar-refractivity contribution in [2.45, 2.75) is 32.7 Å². The zero-order chi connectivity index (χ0) is 20.0. The predicted octanol–water partition coefficient (Wildman–Crippen LogP) is 2.23. The number of hydrogen-bond donors (Lipinski definition) is 4. The first-order valence-corrected chi connectivity index (χ1v) is 8.50. The van der Waals surface area contributed by atoms with Crippen LogP contribution in [0.2, 0.25) is 0 Å². The molecule has 2 rings (SSSR count). The van der Waals surface area contributed by atoms with Crippen LogP contribution in [0.3, 0.4) is 0 Å². The van der Waals surface area contributed by atoms with E-state index in [0.29, 0.717) is 11.1 Å². The second-order valence-corrected chi connectivity index (χ2v) is 7.15. The maximum absolute atomic E-state index is 12.2. The van der Waals surface area contributed by atoms with Crippen LogP contribution in [0, 0.1) is 0 Å². The molecule has 0 bridgehead atoms. The van der Waals surface area contributed by atoms with Gasteiger partial charge in [0.1, 0.15) is 0 Å². The van der Waals surface area contributed by atoms with Crippen molar-refractivity contribution in [2.24, 2.45) is 5.73 Å². The first kappa shape index (κ1) is 20.0. The van der Waals surface area contributed by atoms with Gasteiger partial charge in [0.2, 0.25) is 0 Å². The number of carbonyl (C=O) groups excluding carboxylic acids is 3. The van der Waals surface area contributed by atoms with Crippen LogP contribution >= 0.6 is 0 Å². The van der Waals surface area contributed by atoms with E-state index < -0.39 is 17.8 Å². The quantitative estimate of drug-likeness (QED) is 0.621. The van der Waals surface area contributed by atoms with Crippen LogP contribution in [-0.2, 0) is 12.0 Å². The summed E-state index contributed by atoms with van der Waals surface area (Å²) in [5.74, 6) is -0.838. The monoisotopic (exact) mass is 368 g/mol. The summed E-state index contributed by atoms with van der Waals surface area (Å²) in [6.45, 7) is 6.56. The molecule has 0 spiro atoms. The Morgan fingerprint density at radius 2 is 1.26 bits per heavy atom. The number of rotatable bonds is 4. The highest BCUT2D eigenvalue weighted by Gasteiger charge is 2.14. The summed E-state index contributed by atoms with van der Waals surface area (Å²) in [6.07, 6.45) is 0. The third kappa shape index (κ3) is 5.85. The van der Waals surface area contributed by atoms with Crippen molar-refractivity contribution in [3.05, 3.63) is 70.8 Å². The highest BCUT2D eigenvalue weighted by Crippen LogP contribution is 2.22. The van der Waals surface area contributed by atoms with Crippen molar-refractivity contribution < 1.29 is 14.4 Å². The van der Waals surface area contributed by atoms with E-state index in [9.17, 15) is 14.4 Å². The molecule has 0 fully saturated rings. The number of benzene rings is 2. The van der Waals surface area contributed by atoms with E-state index in [1.807, 2.05) is 12.1 Å². The molecule has 0 radical (unpaired) electrons. The lowest BCUT2D eigenvalue weighted by molar-refractivity contribution is 0.0846. The SMILES string of the molecule is CC(C)(C)c1ccc(C(=O)NNC(=O)c2ccc(CNC(N)=O)cc2)cc1. The van der Waals surface area contributed by atoms with E-state index in [0.717, 1.165) is 11.1 Å². The first-order chi connectivity index (χ1) is 12.7. The third-order valence-corrected chi connectivity index (χ3v) is 3.99. The van der Waals surface area contributed by atoms with Crippen LogP contribution in [0.1, 0.15) is 52.6 Å². The van der Waals surface area contributed by atoms with Crippen LogP contribution in [0.5, 0.6) is 0 Å². The van der Waals surface area contributed by atoms with Crippen molar-refractivity contribution in [1.29, 1.82) is 0 Å². The van der Waals surface area contributed by atoms with Gasteiger partial charge < -0.3 is 11.1 Å². The van der Waals surface area contributed by atoms with Gasteiger partial charge in [-0.25, -0.2) is 4.79 Å². The molecule has 2 aromatic carbocycles. The molecule has 2 aromatic rings. The van der Waals surface area contributed by atoms with Gasteiger partial charge in [-0.2, -0.15) is 0 Å². The molecule has 0 aromatic heterocycles. The zero-order valence-electron chi connectivity index (χ0n) is 15.6. The Hall–Kier alpha value is -3.35. The predicted molar refractivity (Wildman–Crippen MR) is 103 cm³/mol. The molecule has 0 unspecified atom stereocenters. The lowest BCUT2D eigenvalue weighted by Gasteiger charge is -2.19. The number of nitrogens with one attached hydrogen (secondary N) is 3. The van der Waals surface area contributed by atoms with Gasteiger partial charge in [0.05, 0.1) is 0 Å². The lowest BCUT2D eigenvalue weighted by Crippen LogP contribution is -2.41. The van der Waals surface area contributed by atoms with E-state index in [1.165, 1.54) is 0 Å². The average Bonchev–Trinajstić information content (AvgIpc) is 2.64. The molecule has 0 aliphatic heterocycles. The molecular formula is C20H24N4O3. The lowest BCUT2D eigenvalue weighted by atomic mass is 9.87. The molecule has 0 aliphatic rings. The molecule has 7 heteroatoms. The standard InChI is InChI=1S/C20H24N4O3/c1-20(2,3)16-10-8-15(9-11-16)18(26)24-23-17(25)14-6-4-13(5-7-14)12-22-19(21)27/h4-11H,12H2,1-3H3,(H,23,25)(H,24,26)(H3,21,22,27). The minimum absolute atomic E-state index is 0.00233. The van der Waals surface area contributed by atoms with Crippen molar-refractivity contribution in [2.75, 3.05) is 0 Å². The Bertz CT molecular complexity index is 822. The second-order valence-electron chi connectivity index (χ2n) is 7.15. The van der Waals surface area contributed by atoms with Crippen LogP contribution in [-0.4, -0.2) is 17.8 Å². The number of carbonyl (C=O) groups is 3. The van der Waals surface area contributed by atoms with E-state index in [-0.39, 0.29) is 12.0 Å². The molecule has 7 nitrogen and oxygen atoms in total. The Kier molecular flexibility index (Phi) is 6.18. The van der Waals surface area contributed by atoms with Crippen molar-refractivity contribution in [1.82, 2.24) is 16.2 Å². The second kappa shape index (κ2) is 8.35. The molecule has 0 heterocycles. The Balaban J connectivity index is 1.91. The number of urea groups is 1. The van der Waals surface area contributed by atoms with Crippen molar-refractivity contribution in [3.8, 4) is 0 Å². The van der Waals surface area contributed by atoms with Gasteiger partial charge in [0, 0.05) is 17.7 Å². The number of amides is 4. The fraction of sp³-hybridized carbons (Fsp3) is 0.250. The van der Waals surface area contributed by atoms with E-state index in [1.54, 1.807) is 36.4 Å². The van der Waals surface area contributed by atoms with Gasteiger partial charge in [0.15, 0.2) is 0 Å². The third-order valence-electron chi connectivity index (χ3n) is 3.99. The summed E-state index contributed by atoms with van der Waals surface area (Å²) < 4.78 is 0. The fourth-order valence-corrected chi connectivity index (χ4v) is 2.34. The van der Waals surface area contributed by atoms with Crippen LogP contribution in [0.25, 0.3) is 0 Å². The summed E-state index contributed by atoms with van der Waals surface area (Å²) in [7, 11) is 0. The maximum Gasteiger partial charge on any atom is 0.312 e. The molecule has 4 amide bonds. The molecule has 27 heavy (non-hydrogen) atoms. The zero-order valence-corrected chi connectivity index (χ0v) is 15.6. The van der Waals surface area contributed by atoms with Crippen LogP contribution in [0.4, 0.5) is 4.79 Å². The number of hydrogen-bond acceptors (Lipinski definition) is 3. The number of nitrogens with two attached hydrogens (primary N) is 1. The van der Waals surface area contributed by atoms with E-state index in [4.69, 9.17) is 5.73 Å². The minimum atomic E-state index is -0.616. The largest absolute Gasteiger partial charge is 0.352 e. The molecular weight excluding hydrogens is 344 g/mol. The molecule has 0 atom stereocenters. The van der Waals surface area contributed by atoms with Gasteiger partial charge >= 0.3 is 6.03 Å². The van der Waals surface area contributed by atoms with Gasteiger partial charge in [0.25, 0.3) is 11.8 Å². The molecule has 0 saturated carbocycles. The summed E-state index contributed by atoms with van der Waals surface area (Å²) in [4.78, 5) is 35.0. The summed E-state index contributed by atoms with van der Waals surface area (Å²) in [6, 6.07) is 13.2. The summed E-state index contributed by atoms with van der Waals surface area (Å²) >= 11 is 0. The summed E-state index contributed by atoms with van der Waals surface area (Å²) in [5.41, 5.74) is 12.5. The van der Waals surface area contributed by atoms with Gasteiger partial charge in [-0.1, -0.05) is 45.0 Å². The normalized spacial score (nSPS) is 10.8.